The fourth-order valence-corrected chi connectivity index (χ4v) is 2.54. The van der Waals surface area contributed by atoms with Crippen LogP contribution in [0.5, 0.6) is 0 Å². The topological polar surface area (TPSA) is 20.3 Å². The van der Waals surface area contributed by atoms with Crippen molar-refractivity contribution in [3.05, 3.63) is 70.8 Å². The Balaban J connectivity index is 1.71. The van der Waals surface area contributed by atoms with Crippen LogP contribution in [-0.2, 0) is 12.7 Å². The van der Waals surface area contributed by atoms with Crippen molar-refractivity contribution in [3.63, 3.8) is 0 Å². The molecule has 23 heavy (non-hydrogen) atoms. The fourth-order valence-electron chi connectivity index (χ4n) is 2.54. The van der Waals surface area contributed by atoms with E-state index < -0.39 is 11.7 Å². The van der Waals surface area contributed by atoms with Crippen molar-refractivity contribution in [2.45, 2.75) is 19.1 Å². The zero-order valence-corrected chi connectivity index (χ0v) is 12.4. The molecule has 0 amide bonds. The van der Waals surface area contributed by atoms with Gasteiger partial charge in [-0.25, -0.2) is 0 Å². The van der Waals surface area contributed by atoms with Crippen molar-refractivity contribution in [1.82, 2.24) is 4.90 Å². The van der Waals surface area contributed by atoms with Gasteiger partial charge in [-0.3, -0.25) is 9.69 Å². The first-order chi connectivity index (χ1) is 10.9. The van der Waals surface area contributed by atoms with Gasteiger partial charge in [0.1, 0.15) is 0 Å². The molecule has 0 N–H and O–H groups in total. The number of likely N-dealkylation sites (tertiary alicyclic amines) is 1. The lowest BCUT2D eigenvalue weighted by atomic mass is 10.0. The van der Waals surface area contributed by atoms with E-state index in [1.165, 1.54) is 18.6 Å². The average molecular weight is 319 g/mol. The maximum Gasteiger partial charge on any atom is 0.416 e. The summed E-state index contributed by atoms with van der Waals surface area (Å²) in [6, 6.07) is 11.6. The maximum atomic E-state index is 12.5. The number of carbonyl (C=O) groups excluding carboxylic acids is 1. The molecule has 1 fully saturated rings. The molecule has 0 bridgehead atoms. The molecule has 1 aliphatic rings. The van der Waals surface area contributed by atoms with Crippen molar-refractivity contribution in [2.24, 2.45) is 0 Å². The zero-order chi connectivity index (χ0) is 16.4. The standard InChI is InChI=1S/C18H16F3NO/c19-18(20,21)16-8-6-15(7-9-16)17(23)14-4-2-13(3-5-14)12-22-10-1-11-22/h2-9H,1,10-12H2. The molecule has 0 saturated carbocycles. The predicted octanol–water partition coefficient (Wildman–Crippen LogP) is 4.14. The highest BCUT2D eigenvalue weighted by Crippen LogP contribution is 2.29. The number of alkyl halides is 3. The third kappa shape index (κ3) is 3.62. The third-order valence-electron chi connectivity index (χ3n) is 4.05. The first kappa shape index (κ1) is 15.7. The van der Waals surface area contributed by atoms with Crippen LogP contribution in [0.3, 0.4) is 0 Å². The van der Waals surface area contributed by atoms with E-state index in [1.54, 1.807) is 12.1 Å². The largest absolute Gasteiger partial charge is 0.416 e. The number of hydrogen-bond donors (Lipinski definition) is 0. The van der Waals surface area contributed by atoms with Crippen molar-refractivity contribution in [3.8, 4) is 0 Å². The summed E-state index contributed by atoms with van der Waals surface area (Å²) in [7, 11) is 0. The summed E-state index contributed by atoms with van der Waals surface area (Å²) in [6.07, 6.45) is -3.16. The lowest BCUT2D eigenvalue weighted by Gasteiger charge is -2.30. The van der Waals surface area contributed by atoms with Crippen LogP contribution >= 0.6 is 0 Å². The highest BCUT2D eigenvalue weighted by atomic mass is 19.4. The van der Waals surface area contributed by atoms with Gasteiger partial charge < -0.3 is 0 Å². The van der Waals surface area contributed by atoms with Crippen LogP contribution in [0.25, 0.3) is 0 Å². The molecule has 1 heterocycles. The lowest BCUT2D eigenvalue weighted by molar-refractivity contribution is -0.137. The monoisotopic (exact) mass is 319 g/mol. The molecule has 0 radical (unpaired) electrons. The van der Waals surface area contributed by atoms with Crippen LogP contribution in [0.4, 0.5) is 13.2 Å². The first-order valence-corrected chi connectivity index (χ1v) is 7.47. The van der Waals surface area contributed by atoms with Gasteiger partial charge in [0.25, 0.3) is 0 Å². The van der Waals surface area contributed by atoms with Crippen LogP contribution in [0.15, 0.2) is 48.5 Å². The fraction of sp³-hybridized carbons (Fsp3) is 0.278. The number of benzene rings is 2. The van der Waals surface area contributed by atoms with Gasteiger partial charge in [-0.1, -0.05) is 36.4 Å². The minimum atomic E-state index is -4.39. The normalized spacial score (nSPS) is 15.3. The second kappa shape index (κ2) is 6.16. The molecule has 0 spiro atoms. The van der Waals surface area contributed by atoms with E-state index in [-0.39, 0.29) is 11.3 Å². The van der Waals surface area contributed by atoms with E-state index in [4.69, 9.17) is 0 Å². The Morgan fingerprint density at radius 3 is 1.87 bits per heavy atom. The smallest absolute Gasteiger partial charge is 0.299 e. The van der Waals surface area contributed by atoms with E-state index in [1.807, 2.05) is 12.1 Å². The van der Waals surface area contributed by atoms with Gasteiger partial charge in [0, 0.05) is 17.7 Å². The number of nitrogens with zero attached hydrogens (tertiary/aromatic N) is 1. The van der Waals surface area contributed by atoms with Crippen LogP contribution < -0.4 is 0 Å². The van der Waals surface area contributed by atoms with Crippen LogP contribution in [0, 0.1) is 0 Å². The summed E-state index contributed by atoms with van der Waals surface area (Å²) in [5.74, 6) is -0.269. The summed E-state index contributed by atoms with van der Waals surface area (Å²) >= 11 is 0. The SMILES string of the molecule is O=C(c1ccc(CN2CCC2)cc1)c1ccc(C(F)(F)F)cc1. The average Bonchev–Trinajstić information content (AvgIpc) is 2.50. The van der Waals surface area contributed by atoms with E-state index in [0.29, 0.717) is 5.56 Å². The first-order valence-electron chi connectivity index (χ1n) is 7.47. The Morgan fingerprint density at radius 1 is 0.913 bits per heavy atom. The molecule has 0 aliphatic carbocycles. The van der Waals surface area contributed by atoms with Crippen molar-refractivity contribution in [1.29, 1.82) is 0 Å². The lowest BCUT2D eigenvalue weighted by Crippen LogP contribution is -2.36. The Bertz CT molecular complexity index is 686. The molecule has 1 saturated heterocycles. The zero-order valence-electron chi connectivity index (χ0n) is 12.4. The van der Waals surface area contributed by atoms with Gasteiger partial charge in [-0.15, -0.1) is 0 Å². The number of hydrogen-bond acceptors (Lipinski definition) is 2. The molecule has 2 nitrogen and oxygen atoms in total. The molecular formula is C18H16F3NO. The second-order valence-corrected chi connectivity index (χ2v) is 5.73. The quantitative estimate of drug-likeness (QED) is 0.789. The van der Waals surface area contributed by atoms with Gasteiger partial charge in [0.15, 0.2) is 5.78 Å². The molecule has 3 rings (SSSR count). The van der Waals surface area contributed by atoms with Crippen LogP contribution in [0.2, 0.25) is 0 Å². The van der Waals surface area contributed by atoms with E-state index in [9.17, 15) is 18.0 Å². The summed E-state index contributed by atoms with van der Waals surface area (Å²) in [6.45, 7) is 3.08. The number of halogens is 3. The summed E-state index contributed by atoms with van der Waals surface area (Å²) in [5, 5.41) is 0. The second-order valence-electron chi connectivity index (χ2n) is 5.73. The van der Waals surface area contributed by atoms with Gasteiger partial charge in [0.05, 0.1) is 5.56 Å². The maximum absolute atomic E-state index is 12.5. The van der Waals surface area contributed by atoms with Gasteiger partial charge in [0.2, 0.25) is 0 Å². The molecule has 0 atom stereocenters. The minimum absolute atomic E-state index is 0.258. The Hall–Kier alpha value is -2.14. The molecule has 0 unspecified atom stereocenters. The third-order valence-corrected chi connectivity index (χ3v) is 4.05. The summed E-state index contributed by atoms with van der Waals surface area (Å²) < 4.78 is 37.6. The molecular weight excluding hydrogens is 303 g/mol. The Labute approximate surface area is 132 Å². The summed E-state index contributed by atoms with van der Waals surface area (Å²) in [5.41, 5.74) is 1.12. The van der Waals surface area contributed by atoms with Crippen LogP contribution in [-0.4, -0.2) is 23.8 Å². The van der Waals surface area contributed by atoms with Gasteiger partial charge in [-0.05, 0) is 37.2 Å². The van der Waals surface area contributed by atoms with E-state index in [0.717, 1.165) is 37.3 Å². The Kier molecular flexibility index (Phi) is 4.22. The van der Waals surface area contributed by atoms with Crippen molar-refractivity contribution >= 4 is 5.78 Å². The molecule has 0 aromatic heterocycles. The summed E-state index contributed by atoms with van der Waals surface area (Å²) in [4.78, 5) is 14.6. The minimum Gasteiger partial charge on any atom is -0.299 e. The van der Waals surface area contributed by atoms with Crippen molar-refractivity contribution in [2.75, 3.05) is 13.1 Å². The molecule has 1 aliphatic heterocycles. The number of rotatable bonds is 4. The highest BCUT2D eigenvalue weighted by molar-refractivity contribution is 6.09. The van der Waals surface area contributed by atoms with Gasteiger partial charge >= 0.3 is 6.18 Å². The van der Waals surface area contributed by atoms with Crippen LogP contribution in [0.1, 0.15) is 33.5 Å². The van der Waals surface area contributed by atoms with E-state index in [2.05, 4.69) is 4.90 Å². The predicted molar refractivity (Wildman–Crippen MR) is 81.2 cm³/mol. The molecule has 2 aromatic rings. The highest BCUT2D eigenvalue weighted by Gasteiger charge is 2.30. The molecule has 120 valence electrons. The van der Waals surface area contributed by atoms with Gasteiger partial charge in [-0.2, -0.15) is 13.2 Å². The molecule has 2 aromatic carbocycles. The Morgan fingerprint density at radius 2 is 1.43 bits per heavy atom. The number of ketones is 1. The number of carbonyl (C=O) groups is 1. The molecule has 5 heteroatoms. The van der Waals surface area contributed by atoms with E-state index >= 15 is 0 Å². The van der Waals surface area contributed by atoms with Crippen molar-refractivity contribution < 1.29 is 18.0 Å².